The number of nitrogens with zero attached hydrogens (tertiary/aromatic N) is 4. The Kier molecular flexibility index (Phi) is 5.83. The smallest absolute Gasteiger partial charge is 0.255 e. The normalized spacial score (nSPS) is 19.4. The number of halogens is 1. The van der Waals surface area contributed by atoms with Gasteiger partial charge in [0, 0.05) is 55.5 Å². The zero-order valence-corrected chi connectivity index (χ0v) is 16.7. The molecule has 27 heavy (non-hydrogen) atoms. The molecule has 2 aromatic rings. The molecule has 8 heteroatoms. The summed E-state index contributed by atoms with van der Waals surface area (Å²) in [6.07, 6.45) is 7.91. The van der Waals surface area contributed by atoms with Gasteiger partial charge in [-0.2, -0.15) is 4.98 Å². The quantitative estimate of drug-likeness (QED) is 0.734. The van der Waals surface area contributed by atoms with Crippen LogP contribution in [-0.2, 0) is 11.2 Å². The van der Waals surface area contributed by atoms with Crippen molar-refractivity contribution in [1.82, 2.24) is 20.0 Å². The number of carbonyl (C=O) groups excluding carboxylic acids is 1. The van der Waals surface area contributed by atoms with Crippen molar-refractivity contribution in [3.05, 3.63) is 40.2 Å². The fraction of sp³-hybridized carbons (Fsp3) is 0.579. The molecule has 0 aromatic carbocycles. The van der Waals surface area contributed by atoms with Gasteiger partial charge in [-0.1, -0.05) is 5.16 Å². The first-order chi connectivity index (χ1) is 13.2. The molecule has 2 aliphatic rings. The molecule has 0 saturated carbocycles. The molecule has 2 saturated heterocycles. The Bertz CT molecular complexity index is 783. The van der Waals surface area contributed by atoms with Crippen LogP contribution in [0.5, 0.6) is 0 Å². The number of hydrogen-bond donors (Lipinski definition) is 0. The number of rotatable bonds is 4. The van der Waals surface area contributed by atoms with E-state index < -0.39 is 0 Å². The largest absolute Gasteiger partial charge is 0.381 e. The van der Waals surface area contributed by atoms with Crippen LogP contribution in [0.4, 0.5) is 0 Å². The van der Waals surface area contributed by atoms with E-state index in [1.54, 1.807) is 12.4 Å². The minimum atomic E-state index is 0.0434. The molecule has 7 nitrogen and oxygen atoms in total. The minimum Gasteiger partial charge on any atom is -0.381 e. The standard InChI is InChI=1S/C19H23BrN4O3/c20-16-10-15(11-21-12-16)19(25)24-5-1-13(2-6-24)9-17-22-18(23-27-17)14-3-7-26-8-4-14/h10-14H,1-9H2. The van der Waals surface area contributed by atoms with Gasteiger partial charge in [0.05, 0.1) is 5.56 Å². The van der Waals surface area contributed by atoms with Gasteiger partial charge >= 0.3 is 0 Å². The average molecular weight is 435 g/mol. The Morgan fingerprint density at radius 3 is 2.70 bits per heavy atom. The predicted molar refractivity (Wildman–Crippen MR) is 101 cm³/mol. The van der Waals surface area contributed by atoms with E-state index in [0.29, 0.717) is 17.4 Å². The van der Waals surface area contributed by atoms with E-state index in [2.05, 4.69) is 31.1 Å². The van der Waals surface area contributed by atoms with Gasteiger partial charge in [-0.25, -0.2) is 0 Å². The van der Waals surface area contributed by atoms with Gasteiger partial charge in [-0.05, 0) is 53.6 Å². The highest BCUT2D eigenvalue weighted by molar-refractivity contribution is 9.10. The van der Waals surface area contributed by atoms with Crippen LogP contribution in [-0.4, -0.2) is 52.2 Å². The monoisotopic (exact) mass is 434 g/mol. The van der Waals surface area contributed by atoms with Crippen molar-refractivity contribution in [2.75, 3.05) is 26.3 Å². The Hall–Kier alpha value is -1.80. The van der Waals surface area contributed by atoms with Crippen LogP contribution in [0.25, 0.3) is 0 Å². The third kappa shape index (κ3) is 4.55. The zero-order chi connectivity index (χ0) is 18.6. The van der Waals surface area contributed by atoms with Gasteiger partial charge in [-0.3, -0.25) is 9.78 Å². The first-order valence-electron chi connectivity index (χ1n) is 9.49. The summed E-state index contributed by atoms with van der Waals surface area (Å²) in [6.45, 7) is 3.04. The van der Waals surface area contributed by atoms with Crippen molar-refractivity contribution in [2.24, 2.45) is 5.92 Å². The summed E-state index contributed by atoms with van der Waals surface area (Å²) in [5.74, 6) is 2.41. The second kappa shape index (κ2) is 8.48. The molecule has 144 valence electrons. The summed E-state index contributed by atoms with van der Waals surface area (Å²) >= 11 is 3.37. The molecule has 2 fully saturated rings. The summed E-state index contributed by atoms with van der Waals surface area (Å²) in [6, 6.07) is 1.82. The van der Waals surface area contributed by atoms with E-state index in [1.807, 2.05) is 11.0 Å². The van der Waals surface area contributed by atoms with Gasteiger partial charge in [0.1, 0.15) is 0 Å². The van der Waals surface area contributed by atoms with Crippen molar-refractivity contribution in [1.29, 1.82) is 0 Å². The van der Waals surface area contributed by atoms with Crippen molar-refractivity contribution >= 4 is 21.8 Å². The summed E-state index contributed by atoms with van der Waals surface area (Å²) in [5.41, 5.74) is 0.626. The highest BCUT2D eigenvalue weighted by Crippen LogP contribution is 2.26. The Morgan fingerprint density at radius 2 is 1.96 bits per heavy atom. The van der Waals surface area contributed by atoms with Crippen LogP contribution in [0.1, 0.15) is 53.7 Å². The molecular weight excluding hydrogens is 412 g/mol. The maximum Gasteiger partial charge on any atom is 0.255 e. The lowest BCUT2D eigenvalue weighted by Crippen LogP contribution is -2.39. The number of carbonyl (C=O) groups is 1. The maximum atomic E-state index is 12.6. The lowest BCUT2D eigenvalue weighted by atomic mass is 9.93. The number of ether oxygens (including phenoxy) is 1. The molecule has 1 amide bonds. The minimum absolute atomic E-state index is 0.0434. The van der Waals surface area contributed by atoms with E-state index in [-0.39, 0.29) is 5.91 Å². The summed E-state index contributed by atoms with van der Waals surface area (Å²) < 4.78 is 11.7. The molecule has 0 atom stereocenters. The molecule has 0 aliphatic carbocycles. The van der Waals surface area contributed by atoms with E-state index in [4.69, 9.17) is 9.26 Å². The van der Waals surface area contributed by atoms with Gasteiger partial charge < -0.3 is 14.2 Å². The molecule has 4 heterocycles. The predicted octanol–water partition coefficient (Wildman–Crippen LogP) is 3.22. The molecule has 4 rings (SSSR count). The highest BCUT2D eigenvalue weighted by atomic mass is 79.9. The third-order valence-electron chi connectivity index (χ3n) is 5.39. The van der Waals surface area contributed by atoms with Crippen LogP contribution in [0.3, 0.4) is 0 Å². The molecule has 0 bridgehead atoms. The Labute approximate surface area is 166 Å². The SMILES string of the molecule is O=C(c1cncc(Br)c1)N1CCC(Cc2nc(C3CCOCC3)no2)CC1. The number of aromatic nitrogens is 3. The Morgan fingerprint density at radius 1 is 1.19 bits per heavy atom. The topological polar surface area (TPSA) is 81.4 Å². The van der Waals surface area contributed by atoms with E-state index >= 15 is 0 Å². The molecule has 0 unspecified atom stereocenters. The van der Waals surface area contributed by atoms with Crippen LogP contribution in [0, 0.1) is 5.92 Å². The lowest BCUT2D eigenvalue weighted by Gasteiger charge is -2.31. The van der Waals surface area contributed by atoms with E-state index in [1.165, 1.54) is 0 Å². The molecular formula is C19H23BrN4O3. The second-order valence-electron chi connectivity index (χ2n) is 7.26. The highest BCUT2D eigenvalue weighted by Gasteiger charge is 2.27. The van der Waals surface area contributed by atoms with Crippen LogP contribution < -0.4 is 0 Å². The van der Waals surface area contributed by atoms with Crippen LogP contribution in [0.15, 0.2) is 27.5 Å². The Balaban J connectivity index is 1.29. The zero-order valence-electron chi connectivity index (χ0n) is 15.1. The summed E-state index contributed by atoms with van der Waals surface area (Å²) in [5, 5.41) is 4.18. The molecule has 0 spiro atoms. The van der Waals surface area contributed by atoms with Crippen LogP contribution >= 0.6 is 15.9 Å². The van der Waals surface area contributed by atoms with Gasteiger partial charge in [0.25, 0.3) is 5.91 Å². The first kappa shape index (κ1) is 18.6. The third-order valence-corrected chi connectivity index (χ3v) is 5.82. The summed E-state index contributed by atoms with van der Waals surface area (Å²) in [7, 11) is 0. The van der Waals surface area contributed by atoms with E-state index in [0.717, 1.165) is 74.6 Å². The molecule has 0 N–H and O–H groups in total. The van der Waals surface area contributed by atoms with Crippen molar-refractivity contribution in [2.45, 2.75) is 38.0 Å². The van der Waals surface area contributed by atoms with Gasteiger partial charge in [-0.15, -0.1) is 0 Å². The maximum absolute atomic E-state index is 12.6. The van der Waals surface area contributed by atoms with Gasteiger partial charge in [0.15, 0.2) is 5.82 Å². The number of amides is 1. The summed E-state index contributed by atoms with van der Waals surface area (Å²) in [4.78, 5) is 23.2. The second-order valence-corrected chi connectivity index (χ2v) is 8.18. The number of pyridine rings is 1. The number of piperidine rings is 1. The molecule has 2 aromatic heterocycles. The molecule has 2 aliphatic heterocycles. The first-order valence-corrected chi connectivity index (χ1v) is 10.3. The van der Waals surface area contributed by atoms with Crippen molar-refractivity contribution in [3.8, 4) is 0 Å². The number of likely N-dealkylation sites (tertiary alicyclic amines) is 1. The van der Waals surface area contributed by atoms with Gasteiger partial charge in [0.2, 0.25) is 5.89 Å². The van der Waals surface area contributed by atoms with Crippen LogP contribution in [0.2, 0.25) is 0 Å². The van der Waals surface area contributed by atoms with Crippen molar-refractivity contribution < 1.29 is 14.1 Å². The fourth-order valence-corrected chi connectivity index (χ4v) is 4.14. The van der Waals surface area contributed by atoms with Crippen molar-refractivity contribution in [3.63, 3.8) is 0 Å². The number of hydrogen-bond acceptors (Lipinski definition) is 6. The average Bonchev–Trinajstić information content (AvgIpc) is 3.17. The van der Waals surface area contributed by atoms with E-state index in [9.17, 15) is 4.79 Å². The molecule has 0 radical (unpaired) electrons. The lowest BCUT2D eigenvalue weighted by molar-refractivity contribution is 0.0687. The fourth-order valence-electron chi connectivity index (χ4n) is 3.77.